The molecule has 3 nitrogen and oxygen atoms in total. The van der Waals surface area contributed by atoms with Gasteiger partial charge in [-0.1, -0.05) is 50.6 Å². The maximum absolute atomic E-state index is 8.06. The van der Waals surface area contributed by atoms with E-state index in [9.17, 15) is 0 Å². The molecule has 1 aromatic carbocycles. The standard InChI is InChI=1S/C12H17N2.C3H8O.C2H6.W/c1-2-5-12(6-3-1)11-14-9-4-7-13-8-10-14;1-3(2)4;1-2;/h1-3,5-6H,4,7-11H2;3-4H,1-2H3;1-2H3;/q-1;;;. The average Bonchev–Trinajstić information content (AvgIpc) is 2.70. The minimum absolute atomic E-state index is 0. The van der Waals surface area contributed by atoms with Gasteiger partial charge in [-0.3, -0.25) is 0 Å². The summed E-state index contributed by atoms with van der Waals surface area (Å²) in [4.78, 5) is 2.49. The van der Waals surface area contributed by atoms with E-state index in [1.54, 1.807) is 13.8 Å². The summed E-state index contributed by atoms with van der Waals surface area (Å²) in [5.74, 6) is 0. The molecule has 0 atom stereocenters. The summed E-state index contributed by atoms with van der Waals surface area (Å²) < 4.78 is 0. The molecule has 1 N–H and O–H groups in total. The summed E-state index contributed by atoms with van der Waals surface area (Å²) in [7, 11) is 0. The number of hydrogen-bond acceptors (Lipinski definition) is 2. The number of rotatable bonds is 2. The van der Waals surface area contributed by atoms with Crippen LogP contribution in [-0.4, -0.2) is 42.3 Å². The van der Waals surface area contributed by atoms with Crippen LogP contribution in [-0.2, 0) is 27.6 Å². The summed E-state index contributed by atoms with van der Waals surface area (Å²) in [6.07, 6.45) is 1.05. The predicted octanol–water partition coefficient (Wildman–Crippen LogP) is 3.68. The Morgan fingerprint density at radius 2 is 1.67 bits per heavy atom. The second kappa shape index (κ2) is 16.2. The van der Waals surface area contributed by atoms with Crippen molar-refractivity contribution in [2.24, 2.45) is 0 Å². The molecule has 1 saturated heterocycles. The fraction of sp³-hybridized carbons (Fsp3) is 0.647. The van der Waals surface area contributed by atoms with Crippen molar-refractivity contribution in [3.05, 3.63) is 41.2 Å². The Balaban J connectivity index is 0. The minimum atomic E-state index is -0.167. The average molecular weight is 463 g/mol. The molecule has 0 aromatic heterocycles. The number of nitrogens with zero attached hydrogens (tertiary/aromatic N) is 2. The fourth-order valence-electron chi connectivity index (χ4n) is 1.84. The van der Waals surface area contributed by atoms with Crippen molar-refractivity contribution in [1.29, 1.82) is 0 Å². The van der Waals surface area contributed by atoms with Crippen LogP contribution >= 0.6 is 0 Å². The maximum Gasteiger partial charge on any atom is 0.0483 e. The summed E-state index contributed by atoms with van der Waals surface area (Å²) in [6, 6.07) is 10.7. The summed E-state index contributed by atoms with van der Waals surface area (Å²) >= 11 is 0. The second-order valence-corrected chi connectivity index (χ2v) is 4.88. The molecule has 0 saturated carbocycles. The molecule has 0 aliphatic carbocycles. The molecule has 1 fully saturated rings. The van der Waals surface area contributed by atoms with E-state index in [1.165, 1.54) is 18.5 Å². The van der Waals surface area contributed by atoms with Crippen LogP contribution in [0.15, 0.2) is 30.3 Å². The smallest absolute Gasteiger partial charge is 0.0483 e. The van der Waals surface area contributed by atoms with Crippen LogP contribution < -0.4 is 0 Å². The molecule has 0 radical (unpaired) electrons. The van der Waals surface area contributed by atoms with Crippen LogP contribution in [0.4, 0.5) is 0 Å². The van der Waals surface area contributed by atoms with Crippen LogP contribution in [0.25, 0.3) is 5.32 Å². The van der Waals surface area contributed by atoms with Gasteiger partial charge in [0.25, 0.3) is 0 Å². The Morgan fingerprint density at radius 1 is 1.10 bits per heavy atom. The maximum atomic E-state index is 8.06. The molecule has 0 unspecified atom stereocenters. The van der Waals surface area contributed by atoms with Crippen LogP contribution in [0.1, 0.15) is 39.7 Å². The van der Waals surface area contributed by atoms with Crippen LogP contribution in [0, 0.1) is 0 Å². The molecule has 1 heterocycles. The van der Waals surface area contributed by atoms with Gasteiger partial charge in [-0.15, -0.1) is 13.1 Å². The second-order valence-electron chi connectivity index (χ2n) is 4.88. The van der Waals surface area contributed by atoms with E-state index < -0.39 is 0 Å². The molecule has 1 aliphatic heterocycles. The molecule has 1 aliphatic rings. The molecule has 0 amide bonds. The van der Waals surface area contributed by atoms with Crippen molar-refractivity contribution >= 4 is 0 Å². The Bertz CT molecular complexity index is 296. The van der Waals surface area contributed by atoms with Crippen molar-refractivity contribution in [2.75, 3.05) is 26.2 Å². The third-order valence-corrected chi connectivity index (χ3v) is 2.61. The van der Waals surface area contributed by atoms with E-state index >= 15 is 0 Å². The minimum Gasteiger partial charge on any atom is -0.661 e. The Hall–Kier alpha value is -0.212. The monoisotopic (exact) mass is 463 g/mol. The molecule has 0 spiro atoms. The number of hydrogen-bond donors (Lipinski definition) is 1. The van der Waals surface area contributed by atoms with Gasteiger partial charge in [0.05, 0.1) is 0 Å². The zero-order valence-corrected chi connectivity index (χ0v) is 16.9. The third kappa shape index (κ3) is 14.5. The molecular weight excluding hydrogens is 432 g/mol. The summed E-state index contributed by atoms with van der Waals surface area (Å²) in [6.45, 7) is 12.9. The molecule has 0 bridgehead atoms. The van der Waals surface area contributed by atoms with Crippen LogP contribution in [0.2, 0.25) is 0 Å². The van der Waals surface area contributed by atoms with E-state index in [0.29, 0.717) is 0 Å². The number of aliphatic hydroxyl groups excluding tert-OH is 1. The van der Waals surface area contributed by atoms with Gasteiger partial charge in [-0.25, -0.2) is 0 Å². The van der Waals surface area contributed by atoms with Crippen molar-refractivity contribution in [3.8, 4) is 0 Å². The van der Waals surface area contributed by atoms with Crippen LogP contribution in [0.3, 0.4) is 0 Å². The van der Waals surface area contributed by atoms with Gasteiger partial charge < -0.3 is 15.3 Å². The van der Waals surface area contributed by atoms with Crippen molar-refractivity contribution in [1.82, 2.24) is 4.90 Å². The number of benzene rings is 1. The van der Waals surface area contributed by atoms with E-state index in [0.717, 1.165) is 26.2 Å². The first-order valence-electron chi connectivity index (χ1n) is 7.76. The van der Waals surface area contributed by atoms with Crippen molar-refractivity contribution < 1.29 is 26.2 Å². The van der Waals surface area contributed by atoms with E-state index in [4.69, 9.17) is 5.11 Å². The quantitative estimate of drug-likeness (QED) is 0.727. The summed E-state index contributed by atoms with van der Waals surface area (Å²) in [5.41, 5.74) is 1.41. The topological polar surface area (TPSA) is 37.6 Å². The third-order valence-electron chi connectivity index (χ3n) is 2.61. The Labute approximate surface area is 145 Å². The Kier molecular flexibility index (Phi) is 17.7. The zero-order chi connectivity index (χ0) is 15.2. The predicted molar refractivity (Wildman–Crippen MR) is 88.1 cm³/mol. The first kappa shape index (κ1) is 23.1. The van der Waals surface area contributed by atoms with E-state index in [1.807, 2.05) is 13.8 Å². The van der Waals surface area contributed by atoms with Gasteiger partial charge in [0.2, 0.25) is 0 Å². The van der Waals surface area contributed by atoms with Crippen molar-refractivity contribution in [2.45, 2.75) is 46.8 Å². The van der Waals surface area contributed by atoms with Gasteiger partial charge in [-0.05, 0) is 32.5 Å². The van der Waals surface area contributed by atoms with Gasteiger partial charge in [0, 0.05) is 33.7 Å². The molecule has 4 heteroatoms. The zero-order valence-electron chi connectivity index (χ0n) is 14.0. The van der Waals surface area contributed by atoms with Gasteiger partial charge in [0.1, 0.15) is 0 Å². The van der Waals surface area contributed by atoms with Crippen molar-refractivity contribution in [3.63, 3.8) is 0 Å². The first-order chi connectivity index (χ1) is 9.68. The molecular formula is C17H31N2OW-. The van der Waals surface area contributed by atoms with Gasteiger partial charge >= 0.3 is 0 Å². The summed E-state index contributed by atoms with van der Waals surface area (Å²) in [5, 5.41) is 12.5. The molecule has 1 aromatic rings. The largest absolute Gasteiger partial charge is 0.661 e. The number of aliphatic hydroxyl groups is 1. The fourth-order valence-corrected chi connectivity index (χ4v) is 1.84. The normalized spacial score (nSPS) is 14.8. The molecule has 21 heavy (non-hydrogen) atoms. The van der Waals surface area contributed by atoms with Gasteiger partial charge in [-0.2, -0.15) is 0 Å². The first-order valence-corrected chi connectivity index (χ1v) is 7.76. The van der Waals surface area contributed by atoms with Crippen LogP contribution in [0.5, 0.6) is 0 Å². The molecule has 2 rings (SSSR count). The van der Waals surface area contributed by atoms with E-state index in [2.05, 4.69) is 40.5 Å². The van der Waals surface area contributed by atoms with E-state index in [-0.39, 0.29) is 27.2 Å². The van der Waals surface area contributed by atoms with Gasteiger partial charge in [0.15, 0.2) is 0 Å². The Morgan fingerprint density at radius 3 is 2.24 bits per heavy atom. The molecule has 122 valence electrons. The SMILES string of the molecule is CC.CC(C)O.[W].c1ccc(CN2CCC[N-]CC2)cc1.